The molecule has 1 aliphatic rings. The molecule has 10 heteroatoms. The fraction of sp³-hybridized carbons (Fsp3) is 0.609. The largest absolute Gasteiger partial charge is 0.532 e. The number of hydrogen-bond acceptors (Lipinski definition) is 9. The molecule has 1 unspecified atom stereocenters. The summed E-state index contributed by atoms with van der Waals surface area (Å²) in [4.78, 5) is 20.4. The summed E-state index contributed by atoms with van der Waals surface area (Å²) >= 11 is 0. The number of hydrogen-bond donors (Lipinski definition) is 2. The molecule has 2 rings (SSSR count). The molecule has 0 bridgehead atoms. The Morgan fingerprint density at radius 3 is 2.18 bits per heavy atom. The van der Waals surface area contributed by atoms with E-state index in [1.54, 1.807) is 19.1 Å². The Hall–Kier alpha value is -2.06. The van der Waals surface area contributed by atoms with Crippen LogP contribution in [-0.4, -0.2) is 42.3 Å². The Morgan fingerprint density at radius 2 is 1.73 bits per heavy atom. The molecule has 2 atom stereocenters. The summed E-state index contributed by atoms with van der Waals surface area (Å²) in [5, 5.41) is 10.9. The third kappa shape index (κ3) is 7.47. The molecular weight excluding hydrogens is 445 g/mol. The zero-order chi connectivity index (χ0) is 25.0. The third-order valence-corrected chi connectivity index (χ3v) is 6.44. The van der Waals surface area contributed by atoms with Crippen molar-refractivity contribution < 1.29 is 28.0 Å². The van der Waals surface area contributed by atoms with E-state index in [1.807, 2.05) is 41.5 Å². The van der Waals surface area contributed by atoms with Gasteiger partial charge >= 0.3 is 13.8 Å². The quantitative estimate of drug-likeness (QED) is 0.500. The Bertz CT molecular complexity index is 940. The third-order valence-electron chi connectivity index (χ3n) is 5.02. The van der Waals surface area contributed by atoms with Gasteiger partial charge in [-0.05, 0) is 46.6 Å². The molecule has 0 aliphatic carbocycles. The molecule has 0 amide bonds. The molecule has 1 aromatic rings. The van der Waals surface area contributed by atoms with E-state index in [0.29, 0.717) is 17.8 Å². The second-order valence-corrected chi connectivity index (χ2v) is 11.6. The summed E-state index contributed by atoms with van der Waals surface area (Å²) < 4.78 is 28.9. The van der Waals surface area contributed by atoms with Gasteiger partial charge in [0.15, 0.2) is 0 Å². The summed E-state index contributed by atoms with van der Waals surface area (Å²) in [5.41, 5.74) is 7.99. The van der Waals surface area contributed by atoms with E-state index >= 15 is 0 Å². The van der Waals surface area contributed by atoms with Crippen molar-refractivity contribution in [1.29, 1.82) is 0 Å². The van der Waals surface area contributed by atoms with Crippen LogP contribution in [0.5, 0.6) is 5.75 Å². The first-order valence-corrected chi connectivity index (χ1v) is 12.4. The molecule has 0 spiro atoms. The van der Waals surface area contributed by atoms with Crippen LogP contribution in [0.15, 0.2) is 22.1 Å². The van der Waals surface area contributed by atoms with Gasteiger partial charge in [0.05, 0.1) is 19.8 Å². The van der Waals surface area contributed by atoms with E-state index in [4.69, 9.17) is 19.3 Å². The molecule has 1 heterocycles. The number of phenols is 1. The minimum absolute atomic E-state index is 0.0103. The van der Waals surface area contributed by atoms with Crippen LogP contribution in [0.1, 0.15) is 71.6 Å². The highest BCUT2D eigenvalue weighted by molar-refractivity contribution is 7.49. The van der Waals surface area contributed by atoms with Gasteiger partial charge in [0, 0.05) is 12.1 Å². The predicted octanol–water partition coefficient (Wildman–Crippen LogP) is 4.39. The zero-order valence-corrected chi connectivity index (χ0v) is 21.4. The van der Waals surface area contributed by atoms with Crippen LogP contribution in [0.4, 0.5) is 0 Å². The second kappa shape index (κ2) is 10.5. The molecule has 9 nitrogen and oxygen atoms in total. The number of aromatic hydroxyl groups is 1. The molecule has 184 valence electrons. The fourth-order valence-corrected chi connectivity index (χ4v) is 4.42. The highest BCUT2D eigenvalue weighted by Gasteiger charge is 2.34. The lowest BCUT2D eigenvalue weighted by Gasteiger charge is -2.28. The highest BCUT2D eigenvalue weighted by atomic mass is 31.2. The minimum Gasteiger partial charge on any atom is -0.507 e. The molecule has 33 heavy (non-hydrogen) atoms. The van der Waals surface area contributed by atoms with Crippen molar-refractivity contribution >= 4 is 25.8 Å². The predicted molar refractivity (Wildman–Crippen MR) is 129 cm³/mol. The van der Waals surface area contributed by atoms with Crippen molar-refractivity contribution in [2.75, 3.05) is 13.2 Å². The van der Waals surface area contributed by atoms with Gasteiger partial charge in [-0.3, -0.25) is 14.0 Å². The molecule has 0 saturated carbocycles. The number of carbonyl (C=O) groups excluding carboxylic acids is 1. The van der Waals surface area contributed by atoms with Crippen molar-refractivity contribution in [3.63, 3.8) is 0 Å². The summed E-state index contributed by atoms with van der Waals surface area (Å²) in [6.07, 6.45) is 1.53. The van der Waals surface area contributed by atoms with Crippen molar-refractivity contribution in [2.45, 2.75) is 78.4 Å². The number of phosphoric acid groups is 1. The smallest absolute Gasteiger partial charge is 0.507 e. The molecule has 0 fully saturated rings. The van der Waals surface area contributed by atoms with Gasteiger partial charge in [-0.25, -0.2) is 14.4 Å². The second-order valence-electron chi connectivity index (χ2n) is 10.1. The lowest BCUT2D eigenvalue weighted by molar-refractivity contribution is -0.137. The Kier molecular flexibility index (Phi) is 8.63. The van der Waals surface area contributed by atoms with Gasteiger partial charge in [0.25, 0.3) is 0 Å². The van der Waals surface area contributed by atoms with Crippen LogP contribution in [0.2, 0.25) is 0 Å². The fourth-order valence-electron chi connectivity index (χ4n) is 3.26. The van der Waals surface area contributed by atoms with Gasteiger partial charge in [0.2, 0.25) is 0 Å². The summed E-state index contributed by atoms with van der Waals surface area (Å²) in [6, 6.07) is 2.52. The molecule has 1 aliphatic heterocycles. The van der Waals surface area contributed by atoms with Crippen LogP contribution >= 0.6 is 7.82 Å². The van der Waals surface area contributed by atoms with Gasteiger partial charge < -0.3 is 15.4 Å². The Morgan fingerprint density at radius 1 is 1.15 bits per heavy atom. The van der Waals surface area contributed by atoms with E-state index in [0.717, 1.165) is 11.1 Å². The number of rotatable bonds is 9. The molecular formula is C23H36N3O6P. The standard InChI is InChI=1S/C23H36N3O6P/c1-8-30-33(29,32-21(28)19(24)11-16-12-25-14-26-16)31-13-15-9-17(22(2,3)4)20(27)18(10-15)23(5,6)7/h9-10,14,19,27H,8,11-13,24H2,1-7H3/t19-,33?/m0/s1. The molecule has 0 saturated heterocycles. The van der Waals surface area contributed by atoms with Crippen molar-refractivity contribution in [1.82, 2.24) is 0 Å². The number of benzene rings is 1. The lowest BCUT2D eigenvalue weighted by atomic mass is 9.78. The average Bonchev–Trinajstić information content (AvgIpc) is 3.18. The van der Waals surface area contributed by atoms with Gasteiger partial charge in [-0.15, -0.1) is 0 Å². The maximum atomic E-state index is 13.1. The highest BCUT2D eigenvalue weighted by Crippen LogP contribution is 2.51. The van der Waals surface area contributed by atoms with Crippen LogP contribution in [0.25, 0.3) is 0 Å². The molecule has 0 radical (unpaired) electrons. The summed E-state index contributed by atoms with van der Waals surface area (Å²) in [7, 11) is -4.23. The van der Waals surface area contributed by atoms with Gasteiger partial charge in [-0.1, -0.05) is 41.5 Å². The van der Waals surface area contributed by atoms with E-state index in [9.17, 15) is 14.5 Å². The number of nitrogens with zero attached hydrogens (tertiary/aromatic N) is 2. The van der Waals surface area contributed by atoms with Crippen molar-refractivity contribution in [2.24, 2.45) is 15.7 Å². The van der Waals surface area contributed by atoms with Crippen LogP contribution < -0.4 is 5.73 Å². The monoisotopic (exact) mass is 481 g/mol. The Labute approximate surface area is 196 Å². The normalized spacial score (nSPS) is 16.9. The first kappa shape index (κ1) is 27.2. The van der Waals surface area contributed by atoms with Crippen molar-refractivity contribution in [3.05, 3.63) is 28.8 Å². The van der Waals surface area contributed by atoms with Gasteiger partial charge in [0.1, 0.15) is 18.1 Å². The maximum absolute atomic E-state index is 13.1. The summed E-state index contributed by atoms with van der Waals surface area (Å²) in [5.74, 6) is -0.680. The number of carbonyl (C=O) groups is 1. The van der Waals surface area contributed by atoms with Crippen LogP contribution in [0.3, 0.4) is 0 Å². The van der Waals surface area contributed by atoms with E-state index < -0.39 is 19.8 Å². The minimum atomic E-state index is -4.23. The summed E-state index contributed by atoms with van der Waals surface area (Å²) in [6.45, 7) is 13.8. The zero-order valence-electron chi connectivity index (χ0n) is 20.5. The molecule has 3 N–H and O–H groups in total. The van der Waals surface area contributed by atoms with Gasteiger partial charge in [-0.2, -0.15) is 0 Å². The lowest BCUT2D eigenvalue weighted by Crippen LogP contribution is -2.34. The number of nitrogens with two attached hydrogens (primary N) is 1. The maximum Gasteiger partial charge on any atom is 0.532 e. The Balaban J connectivity index is 2.22. The topological polar surface area (TPSA) is 133 Å². The SMILES string of the molecule is CCOP(=O)(OCc1cc(C(C)(C)C)c(O)c(C(C)(C)C)c1)OC(=O)[C@@H](N)CC1=NC=NC1. The van der Waals surface area contributed by atoms with E-state index in [2.05, 4.69) is 9.98 Å². The first-order chi connectivity index (χ1) is 15.2. The van der Waals surface area contributed by atoms with Crippen molar-refractivity contribution in [3.8, 4) is 5.75 Å². The molecule has 1 aromatic carbocycles. The number of aliphatic imine (C=N–C) groups is 2. The number of phosphoric ester groups is 1. The number of phenolic OH excluding ortho intramolecular Hbond substituents is 1. The van der Waals surface area contributed by atoms with E-state index in [-0.39, 0.29) is 36.2 Å². The average molecular weight is 482 g/mol. The van der Waals surface area contributed by atoms with Crippen LogP contribution in [-0.2, 0) is 40.4 Å². The van der Waals surface area contributed by atoms with Crippen LogP contribution in [0, 0.1) is 0 Å². The first-order valence-electron chi connectivity index (χ1n) is 10.9. The van der Waals surface area contributed by atoms with E-state index in [1.165, 1.54) is 6.34 Å². The molecule has 0 aromatic heterocycles.